The highest BCUT2D eigenvalue weighted by atomic mass is 16.7. The Bertz CT molecular complexity index is 996. The molecule has 0 heterocycles. The predicted octanol–water partition coefficient (Wildman–Crippen LogP) is 6.97. The highest BCUT2D eigenvalue weighted by Crippen LogP contribution is 2.69. The molecule has 220 valence electrons. The van der Waals surface area contributed by atoms with Crippen molar-refractivity contribution in [2.45, 2.75) is 131 Å². The lowest BCUT2D eigenvalue weighted by Crippen LogP contribution is -2.69. The van der Waals surface area contributed by atoms with Gasteiger partial charge in [-0.05, 0) is 85.9 Å². The SMILES string of the molecule is CC(=O)O[C@H]1CC[C@]2(C)C3CC[C@@]4(C)C(CCC4[C@H](C)CCCC(C)C)C3CC(=N[N+](=O)[O-])[C@@]2(OC(C)=O)C1. The maximum absolute atomic E-state index is 12.5. The zero-order valence-corrected chi connectivity index (χ0v) is 25.2. The van der Waals surface area contributed by atoms with Crippen LogP contribution in [0, 0.1) is 56.5 Å². The number of esters is 2. The summed E-state index contributed by atoms with van der Waals surface area (Å²) in [6.07, 6.45) is 9.91. The van der Waals surface area contributed by atoms with E-state index in [1.807, 2.05) is 0 Å². The van der Waals surface area contributed by atoms with E-state index in [4.69, 9.17) is 9.47 Å². The van der Waals surface area contributed by atoms with Crippen LogP contribution in [-0.4, -0.2) is 34.4 Å². The number of nitrogens with zero attached hydrogens (tertiary/aromatic N) is 2. The third-order valence-corrected chi connectivity index (χ3v) is 11.6. The van der Waals surface area contributed by atoms with Crippen LogP contribution in [0.1, 0.15) is 119 Å². The van der Waals surface area contributed by atoms with Crippen LogP contribution in [0.5, 0.6) is 0 Å². The molecule has 0 amide bonds. The molecule has 4 fully saturated rings. The minimum atomic E-state index is -1.23. The molecule has 0 aromatic rings. The molecule has 4 rings (SSSR count). The largest absolute Gasteiger partial charge is 0.462 e. The molecule has 9 atom stereocenters. The molecule has 0 spiro atoms. The number of fused-ring (bicyclic) bond motifs is 5. The fourth-order valence-corrected chi connectivity index (χ4v) is 10.0. The van der Waals surface area contributed by atoms with E-state index in [9.17, 15) is 19.7 Å². The van der Waals surface area contributed by atoms with Gasteiger partial charge in [-0.2, -0.15) is 0 Å². The van der Waals surface area contributed by atoms with Crippen LogP contribution in [0.25, 0.3) is 0 Å². The average Bonchev–Trinajstić information content (AvgIpc) is 3.16. The molecule has 39 heavy (non-hydrogen) atoms. The van der Waals surface area contributed by atoms with Crippen molar-refractivity contribution in [3.05, 3.63) is 10.1 Å². The van der Waals surface area contributed by atoms with Gasteiger partial charge in [-0.25, -0.2) is 10.1 Å². The van der Waals surface area contributed by atoms with Crippen LogP contribution in [0.3, 0.4) is 0 Å². The first-order chi connectivity index (χ1) is 18.2. The second-order valence-corrected chi connectivity index (χ2v) is 14.2. The Kier molecular flexibility index (Phi) is 8.55. The Hall–Kier alpha value is -1.99. The van der Waals surface area contributed by atoms with Gasteiger partial charge in [0.05, 0.1) is 5.10 Å². The van der Waals surface area contributed by atoms with Crippen LogP contribution >= 0.6 is 0 Å². The summed E-state index contributed by atoms with van der Waals surface area (Å²) in [6, 6.07) is 0. The molecule has 0 aliphatic heterocycles. The molecular weight excluding hydrogens is 496 g/mol. The van der Waals surface area contributed by atoms with Gasteiger partial charge in [-0.1, -0.05) is 53.9 Å². The van der Waals surface area contributed by atoms with E-state index in [0.29, 0.717) is 42.7 Å². The van der Waals surface area contributed by atoms with E-state index in [0.717, 1.165) is 25.2 Å². The van der Waals surface area contributed by atoms with Gasteiger partial charge in [0.2, 0.25) is 0 Å². The molecule has 0 N–H and O–H groups in total. The highest BCUT2D eigenvalue weighted by molar-refractivity contribution is 5.96. The molecule has 4 saturated carbocycles. The van der Waals surface area contributed by atoms with Gasteiger partial charge >= 0.3 is 11.9 Å². The summed E-state index contributed by atoms with van der Waals surface area (Å²) in [5.41, 5.74) is -1.16. The van der Waals surface area contributed by atoms with Crippen molar-refractivity contribution in [3.63, 3.8) is 0 Å². The first-order valence-corrected chi connectivity index (χ1v) is 15.3. The van der Waals surface area contributed by atoms with Crippen molar-refractivity contribution in [2.75, 3.05) is 0 Å². The van der Waals surface area contributed by atoms with Gasteiger partial charge in [0.25, 0.3) is 0 Å². The van der Waals surface area contributed by atoms with Gasteiger partial charge in [0.1, 0.15) is 11.8 Å². The molecule has 0 radical (unpaired) electrons. The van der Waals surface area contributed by atoms with Gasteiger partial charge in [-0.3, -0.25) is 9.59 Å². The number of carbonyl (C=O) groups is 2. The van der Waals surface area contributed by atoms with E-state index in [2.05, 4.69) is 39.7 Å². The Morgan fingerprint density at radius 3 is 2.36 bits per heavy atom. The number of ether oxygens (including phenoxy) is 2. The van der Waals surface area contributed by atoms with Crippen LogP contribution in [0.2, 0.25) is 0 Å². The van der Waals surface area contributed by atoms with Crippen molar-refractivity contribution < 1.29 is 24.1 Å². The Morgan fingerprint density at radius 1 is 1.03 bits per heavy atom. The summed E-state index contributed by atoms with van der Waals surface area (Å²) in [5, 5.41) is 15.2. The number of hydrazone groups is 1. The third kappa shape index (κ3) is 5.38. The lowest BCUT2D eigenvalue weighted by Gasteiger charge is -2.64. The zero-order chi connectivity index (χ0) is 28.8. The average molecular weight is 547 g/mol. The topological polar surface area (TPSA) is 108 Å². The van der Waals surface area contributed by atoms with Crippen LogP contribution in [0.15, 0.2) is 5.10 Å². The van der Waals surface area contributed by atoms with Gasteiger partial charge < -0.3 is 9.47 Å². The molecule has 8 nitrogen and oxygen atoms in total. The van der Waals surface area contributed by atoms with Crippen molar-refractivity contribution in [3.8, 4) is 0 Å². The predicted molar refractivity (Wildman–Crippen MR) is 149 cm³/mol. The number of rotatable bonds is 8. The maximum atomic E-state index is 12.5. The third-order valence-electron chi connectivity index (χ3n) is 11.6. The molecule has 0 aromatic carbocycles. The van der Waals surface area contributed by atoms with Crippen molar-refractivity contribution >= 4 is 17.7 Å². The summed E-state index contributed by atoms with van der Waals surface area (Å²) in [4.78, 5) is 36.3. The normalized spacial score (nSPS) is 41.3. The lowest BCUT2D eigenvalue weighted by atomic mass is 9.42. The summed E-state index contributed by atoms with van der Waals surface area (Å²) in [6.45, 7) is 14.4. The Balaban J connectivity index is 1.69. The quantitative estimate of drug-likeness (QED) is 0.185. The lowest BCUT2D eigenvalue weighted by molar-refractivity contribution is -0.486. The summed E-state index contributed by atoms with van der Waals surface area (Å²) in [7, 11) is 0. The molecule has 0 saturated heterocycles. The van der Waals surface area contributed by atoms with E-state index in [1.165, 1.54) is 39.5 Å². The minimum Gasteiger partial charge on any atom is -0.462 e. The van der Waals surface area contributed by atoms with Crippen molar-refractivity contribution in [1.29, 1.82) is 0 Å². The summed E-state index contributed by atoms with van der Waals surface area (Å²) in [5.74, 6) is 2.22. The number of hydrogen-bond acceptors (Lipinski definition) is 6. The van der Waals surface area contributed by atoms with Crippen LogP contribution in [0.4, 0.5) is 0 Å². The first-order valence-electron chi connectivity index (χ1n) is 15.3. The summed E-state index contributed by atoms with van der Waals surface area (Å²) < 4.78 is 11.8. The first kappa shape index (κ1) is 30.0. The van der Waals surface area contributed by atoms with E-state index < -0.39 is 34.1 Å². The van der Waals surface area contributed by atoms with Gasteiger partial charge in [-0.15, -0.1) is 0 Å². The van der Waals surface area contributed by atoms with Crippen LogP contribution in [-0.2, 0) is 19.1 Å². The number of hydrogen-bond donors (Lipinski definition) is 0. The molecule has 8 heteroatoms. The minimum absolute atomic E-state index is 0.213. The second-order valence-electron chi connectivity index (χ2n) is 14.2. The zero-order valence-electron chi connectivity index (χ0n) is 25.2. The van der Waals surface area contributed by atoms with Gasteiger partial charge in [0.15, 0.2) is 10.6 Å². The van der Waals surface area contributed by atoms with Crippen LogP contribution < -0.4 is 0 Å². The second kappa shape index (κ2) is 11.1. The van der Waals surface area contributed by atoms with Crippen molar-refractivity contribution in [1.82, 2.24) is 0 Å². The maximum Gasteiger partial charge on any atom is 0.303 e. The van der Waals surface area contributed by atoms with Crippen molar-refractivity contribution in [2.24, 2.45) is 51.4 Å². The standard InChI is InChI=1S/C31H50N2O6/c1-19(2)9-8-10-20(3)25-11-12-26-24-17-28(32-33(36)37)31(39-22(5)35)18-23(38-21(4)34)13-16-30(31,7)27(24)14-15-29(25,26)6/h19-20,23-27H,8-18H2,1-7H3/t20-,23+,24?,25?,26?,27?,29-,30-,31+/m1/s1. The molecule has 0 aromatic heterocycles. The molecular formula is C31H50N2O6. The monoisotopic (exact) mass is 546 g/mol. The molecule has 4 unspecified atom stereocenters. The summed E-state index contributed by atoms with van der Waals surface area (Å²) >= 11 is 0. The Morgan fingerprint density at radius 2 is 1.74 bits per heavy atom. The smallest absolute Gasteiger partial charge is 0.303 e. The van der Waals surface area contributed by atoms with E-state index in [1.54, 1.807) is 0 Å². The van der Waals surface area contributed by atoms with E-state index >= 15 is 0 Å². The fraction of sp³-hybridized carbons (Fsp3) is 0.903. The number of nitro groups is 1. The molecule has 4 aliphatic carbocycles. The fourth-order valence-electron chi connectivity index (χ4n) is 10.0. The molecule has 4 aliphatic rings. The molecule has 0 bridgehead atoms. The number of carbonyl (C=O) groups excluding carboxylic acids is 2. The van der Waals surface area contributed by atoms with E-state index in [-0.39, 0.29) is 23.7 Å². The van der Waals surface area contributed by atoms with Gasteiger partial charge in [0, 0.05) is 25.7 Å². The highest BCUT2D eigenvalue weighted by Gasteiger charge is 2.70. The Labute approximate surface area is 234 Å².